The highest BCUT2D eigenvalue weighted by atomic mass is 16.6. The number of unbranched alkanes of at least 4 members (excludes halogenated alkanes) is 24. The summed E-state index contributed by atoms with van der Waals surface area (Å²) in [6.45, 7) is 6.32. The van der Waals surface area contributed by atoms with Gasteiger partial charge in [0.2, 0.25) is 0 Å². The van der Waals surface area contributed by atoms with E-state index in [0.717, 1.165) is 148 Å². The summed E-state index contributed by atoms with van der Waals surface area (Å²) < 4.78 is 16.8. The molecule has 0 saturated heterocycles. The summed E-state index contributed by atoms with van der Waals surface area (Å²) in [6, 6.07) is 0. The van der Waals surface area contributed by atoms with Crippen molar-refractivity contribution in [3.8, 4) is 0 Å². The Kier molecular flexibility index (Phi) is 61.4. The van der Waals surface area contributed by atoms with Gasteiger partial charge in [0.15, 0.2) is 6.10 Å². The van der Waals surface area contributed by atoms with Gasteiger partial charge < -0.3 is 14.2 Å². The molecule has 0 radical (unpaired) electrons. The van der Waals surface area contributed by atoms with Gasteiger partial charge in [-0.2, -0.15) is 0 Å². The molecule has 0 rings (SSSR count). The van der Waals surface area contributed by atoms with E-state index in [4.69, 9.17) is 14.2 Å². The number of ether oxygens (including phenoxy) is 3. The molecule has 0 aromatic heterocycles. The first-order valence-corrected chi connectivity index (χ1v) is 32.2. The third kappa shape index (κ3) is 62.4. The maximum absolute atomic E-state index is 12.9. The largest absolute Gasteiger partial charge is 0.462 e. The summed E-state index contributed by atoms with van der Waals surface area (Å²) in [5.41, 5.74) is 0. The number of carbonyl (C=O) groups is 3. The van der Waals surface area contributed by atoms with Gasteiger partial charge in [-0.1, -0.05) is 270 Å². The van der Waals surface area contributed by atoms with Crippen LogP contribution in [0.3, 0.4) is 0 Å². The van der Waals surface area contributed by atoms with Crippen molar-refractivity contribution in [3.63, 3.8) is 0 Å². The van der Waals surface area contributed by atoms with Gasteiger partial charge in [-0.15, -0.1) is 0 Å². The van der Waals surface area contributed by atoms with E-state index < -0.39 is 6.10 Å². The zero-order valence-electron chi connectivity index (χ0n) is 50.6. The van der Waals surface area contributed by atoms with Crippen molar-refractivity contribution in [1.82, 2.24) is 0 Å². The lowest BCUT2D eigenvalue weighted by atomic mass is 10.0. The molecule has 0 aliphatic carbocycles. The van der Waals surface area contributed by atoms with Crippen molar-refractivity contribution < 1.29 is 28.6 Å². The second-order valence-electron chi connectivity index (χ2n) is 20.9. The normalized spacial score (nSPS) is 13.0. The summed E-state index contributed by atoms with van der Waals surface area (Å²) in [5.74, 6) is -0.938. The monoisotopic (exact) mass is 1080 g/mol. The van der Waals surface area contributed by atoms with Crippen molar-refractivity contribution in [2.75, 3.05) is 13.2 Å². The molecule has 0 amide bonds. The Bertz CT molecular complexity index is 1670. The fourth-order valence-electron chi connectivity index (χ4n) is 8.62. The first kappa shape index (κ1) is 73.5. The molecule has 442 valence electrons. The van der Waals surface area contributed by atoms with Crippen molar-refractivity contribution in [2.45, 2.75) is 290 Å². The fourth-order valence-corrected chi connectivity index (χ4v) is 8.62. The zero-order valence-corrected chi connectivity index (χ0v) is 50.6. The molecule has 78 heavy (non-hydrogen) atoms. The predicted octanol–water partition coefficient (Wildman–Crippen LogP) is 22.2. The third-order valence-corrected chi connectivity index (χ3v) is 13.4. The van der Waals surface area contributed by atoms with Crippen molar-refractivity contribution in [1.29, 1.82) is 0 Å². The number of allylic oxidation sites excluding steroid dienone is 22. The molecule has 0 fully saturated rings. The number of hydrogen-bond acceptors (Lipinski definition) is 6. The first-order chi connectivity index (χ1) is 38.5. The molecule has 0 aliphatic rings. The Labute approximate surface area is 481 Å². The standard InChI is InChI=1S/C72H118O6/c1-4-7-10-13-16-19-22-24-26-28-30-31-32-33-34-35-36-37-38-39-40-41-43-44-46-48-50-53-56-59-62-65-71(74)77-68-69(67-76-70(73)64-61-58-55-52-21-18-15-12-9-6-3)78-72(75)66-63-60-57-54-51-49-47-45-42-29-27-25-23-20-17-14-11-8-5-2/h7-8,10-12,15-17,19-20,24-27,30-31,33-34,42,45,49,51,69H,4-6,9,13-14,18,21-23,28-29,32,35-41,43-44,46-48,50,52-68H2,1-3H3/b10-7-,11-8-,15-12-,19-16-,20-17-,26-24-,27-25-,31-30-,34-33-,45-42-,51-49-. The van der Waals surface area contributed by atoms with Gasteiger partial charge in [-0.3, -0.25) is 14.4 Å². The van der Waals surface area contributed by atoms with Crippen LogP contribution in [0, 0.1) is 0 Å². The Hall–Kier alpha value is -4.45. The van der Waals surface area contributed by atoms with Gasteiger partial charge in [0.05, 0.1) is 0 Å². The van der Waals surface area contributed by atoms with E-state index in [1.165, 1.54) is 96.3 Å². The zero-order chi connectivity index (χ0) is 56.4. The molecule has 0 saturated carbocycles. The molecular formula is C72H118O6. The Morgan fingerprint density at radius 1 is 0.269 bits per heavy atom. The van der Waals surface area contributed by atoms with Crippen LogP contribution in [0.5, 0.6) is 0 Å². The minimum absolute atomic E-state index is 0.0962. The highest BCUT2D eigenvalue weighted by Gasteiger charge is 2.19. The fraction of sp³-hybridized carbons (Fsp3) is 0.653. The SMILES string of the molecule is CC/C=C\C/C=C\C/C=C\C/C=C\C/C=C\CCCCCCCCCCCCCCCCCC(=O)OCC(COC(=O)CCCCCCC/C=C\CCC)OC(=O)CCCCC/C=C\C/C=C\C/C=C\C/C=C\C/C=C\CC. The van der Waals surface area contributed by atoms with Crippen LogP contribution in [0.2, 0.25) is 0 Å². The van der Waals surface area contributed by atoms with Crippen LogP contribution in [-0.4, -0.2) is 37.2 Å². The van der Waals surface area contributed by atoms with E-state index in [9.17, 15) is 14.4 Å². The van der Waals surface area contributed by atoms with Crippen LogP contribution in [0.15, 0.2) is 134 Å². The lowest BCUT2D eigenvalue weighted by Crippen LogP contribution is -2.30. The van der Waals surface area contributed by atoms with Crippen molar-refractivity contribution in [2.24, 2.45) is 0 Å². The highest BCUT2D eigenvalue weighted by molar-refractivity contribution is 5.71. The summed E-state index contributed by atoms with van der Waals surface area (Å²) in [4.78, 5) is 38.2. The molecule has 0 N–H and O–H groups in total. The van der Waals surface area contributed by atoms with Crippen LogP contribution in [0.4, 0.5) is 0 Å². The predicted molar refractivity (Wildman–Crippen MR) is 339 cm³/mol. The van der Waals surface area contributed by atoms with E-state index in [1.807, 2.05) is 0 Å². The molecule has 0 aromatic rings. The Morgan fingerprint density at radius 3 is 0.808 bits per heavy atom. The quantitative estimate of drug-likeness (QED) is 0.0261. The molecule has 0 bridgehead atoms. The van der Waals surface area contributed by atoms with Crippen LogP contribution in [-0.2, 0) is 28.6 Å². The summed E-state index contributed by atoms with van der Waals surface area (Å²) >= 11 is 0. The van der Waals surface area contributed by atoms with E-state index in [1.54, 1.807) is 0 Å². The number of esters is 3. The van der Waals surface area contributed by atoms with Gasteiger partial charge in [0, 0.05) is 19.3 Å². The highest BCUT2D eigenvalue weighted by Crippen LogP contribution is 2.16. The van der Waals surface area contributed by atoms with Crippen molar-refractivity contribution >= 4 is 17.9 Å². The second-order valence-corrected chi connectivity index (χ2v) is 20.9. The minimum Gasteiger partial charge on any atom is -0.462 e. The minimum atomic E-state index is -0.802. The van der Waals surface area contributed by atoms with E-state index in [2.05, 4.69) is 154 Å². The molecule has 6 nitrogen and oxygen atoms in total. The average Bonchev–Trinajstić information content (AvgIpc) is 3.44. The van der Waals surface area contributed by atoms with Crippen LogP contribution < -0.4 is 0 Å². The molecule has 1 atom stereocenters. The average molecular weight is 1080 g/mol. The van der Waals surface area contributed by atoms with Crippen LogP contribution >= 0.6 is 0 Å². The second kappa shape index (κ2) is 65.1. The Balaban J connectivity index is 4.23. The van der Waals surface area contributed by atoms with E-state index in [0.29, 0.717) is 12.8 Å². The van der Waals surface area contributed by atoms with Gasteiger partial charge in [-0.05, 0) is 128 Å². The summed E-state index contributed by atoms with van der Waals surface area (Å²) in [6.07, 6.45) is 91.9. The van der Waals surface area contributed by atoms with E-state index >= 15 is 0 Å². The van der Waals surface area contributed by atoms with Gasteiger partial charge in [-0.25, -0.2) is 0 Å². The maximum atomic E-state index is 12.9. The van der Waals surface area contributed by atoms with E-state index in [-0.39, 0.29) is 37.5 Å². The first-order valence-electron chi connectivity index (χ1n) is 32.2. The lowest BCUT2D eigenvalue weighted by molar-refractivity contribution is -0.167. The molecule has 0 heterocycles. The smallest absolute Gasteiger partial charge is 0.306 e. The third-order valence-electron chi connectivity index (χ3n) is 13.4. The number of rotatable bonds is 57. The van der Waals surface area contributed by atoms with Crippen molar-refractivity contribution in [3.05, 3.63) is 134 Å². The molecule has 0 aromatic carbocycles. The lowest BCUT2D eigenvalue weighted by Gasteiger charge is -2.18. The van der Waals surface area contributed by atoms with Gasteiger partial charge >= 0.3 is 17.9 Å². The summed E-state index contributed by atoms with van der Waals surface area (Å²) in [5, 5.41) is 0. The molecule has 1 unspecified atom stereocenters. The van der Waals surface area contributed by atoms with Crippen LogP contribution in [0.25, 0.3) is 0 Å². The van der Waals surface area contributed by atoms with Gasteiger partial charge in [0.1, 0.15) is 13.2 Å². The van der Waals surface area contributed by atoms with Gasteiger partial charge in [0.25, 0.3) is 0 Å². The molecule has 0 spiro atoms. The Morgan fingerprint density at radius 2 is 0.500 bits per heavy atom. The molecule has 0 aliphatic heterocycles. The molecule has 6 heteroatoms. The van der Waals surface area contributed by atoms with Crippen LogP contribution in [0.1, 0.15) is 284 Å². The topological polar surface area (TPSA) is 78.9 Å². The molecular weight excluding hydrogens is 961 g/mol. The number of hydrogen-bond donors (Lipinski definition) is 0. The number of carbonyl (C=O) groups excluding carboxylic acids is 3. The summed E-state index contributed by atoms with van der Waals surface area (Å²) in [7, 11) is 0. The maximum Gasteiger partial charge on any atom is 0.306 e.